The monoisotopic (exact) mass is 511 g/mol. The predicted octanol–water partition coefficient (Wildman–Crippen LogP) is 7.26. The van der Waals surface area contributed by atoms with Gasteiger partial charge in [0.1, 0.15) is 0 Å². The zero-order chi connectivity index (χ0) is 18.1. The van der Waals surface area contributed by atoms with E-state index in [1.807, 2.05) is 38.1 Å². The fourth-order valence-corrected chi connectivity index (χ4v) is 1.79. The van der Waals surface area contributed by atoms with Crippen molar-refractivity contribution in [3.63, 3.8) is 0 Å². The maximum absolute atomic E-state index is 5.02. The third kappa shape index (κ3) is 9.48. The number of aryl methyl sites for hydroxylation is 2. The number of benzene rings is 2. The fourth-order valence-electron chi connectivity index (χ4n) is 1.79. The van der Waals surface area contributed by atoms with Gasteiger partial charge in [0.25, 0.3) is 0 Å². The van der Waals surface area contributed by atoms with Crippen LogP contribution in [0.2, 0.25) is 0 Å². The van der Waals surface area contributed by atoms with E-state index in [4.69, 9.17) is 17.4 Å². The zero-order valence-electron chi connectivity index (χ0n) is 14.1. The molecule has 2 nitrogen and oxygen atoms in total. The maximum atomic E-state index is 5.02. The second-order valence-corrected chi connectivity index (χ2v) is 19.4. The van der Waals surface area contributed by atoms with Gasteiger partial charge in [-0.25, -0.2) is 0 Å². The average Bonchev–Trinajstić information content (AvgIpc) is 2.51. The van der Waals surface area contributed by atoms with Crippen LogP contribution in [0.25, 0.3) is 0 Å². The number of aliphatic imine (C=N–C) groups is 2. The van der Waals surface area contributed by atoms with E-state index in [1.165, 1.54) is 11.1 Å². The van der Waals surface area contributed by atoms with Crippen molar-refractivity contribution in [1.29, 1.82) is 0 Å². The van der Waals surface area contributed by atoms with E-state index < -0.39 is 29.9 Å². The van der Waals surface area contributed by atoms with E-state index in [0.717, 1.165) is 22.8 Å². The number of hydrogen-bond acceptors (Lipinski definition) is 2. The molecule has 0 saturated carbocycles. The summed E-state index contributed by atoms with van der Waals surface area (Å²) in [5.41, 5.74) is 6.29. The summed E-state index contributed by atoms with van der Waals surface area (Å²) in [5.74, 6) is 15.1. The molecule has 24 heavy (non-hydrogen) atoms. The van der Waals surface area contributed by atoms with E-state index in [-0.39, 0.29) is 0 Å². The van der Waals surface area contributed by atoms with Gasteiger partial charge in [-0.3, -0.25) is 9.98 Å². The Labute approximate surface area is 165 Å². The molecule has 2 rings (SSSR count). The van der Waals surface area contributed by atoms with E-state index in [2.05, 4.69) is 48.1 Å². The molecule has 0 amide bonds. The van der Waals surface area contributed by atoms with Crippen LogP contribution in [0.4, 0.5) is 11.4 Å². The summed E-state index contributed by atoms with van der Waals surface area (Å²) in [6, 6.07) is 16.4. The molecule has 6 heteroatoms. The van der Waals surface area contributed by atoms with Gasteiger partial charge < -0.3 is 0 Å². The molecule has 0 heterocycles. The first-order valence-corrected chi connectivity index (χ1v) is 19.4. The van der Waals surface area contributed by atoms with Crippen LogP contribution >= 0.6 is 17.4 Å². The normalized spacial score (nSPS) is 11.6. The molecule has 0 bridgehead atoms. The van der Waals surface area contributed by atoms with Crippen molar-refractivity contribution < 1.29 is 29.9 Å². The van der Waals surface area contributed by atoms with Crippen LogP contribution < -0.4 is 0 Å². The first-order chi connectivity index (χ1) is 11.3. The molecular weight excluding hydrogens is 495 g/mol. The SMILES string of the molecule is CC(=Nc1ccc(C)cc1)C(C)=Nc1ccc(C)cc1.[Cl][Nd]([Cl])[Cl]. The van der Waals surface area contributed by atoms with Crippen molar-refractivity contribution in [1.82, 2.24) is 0 Å². The van der Waals surface area contributed by atoms with Crippen LogP contribution in [0.1, 0.15) is 25.0 Å². The molecule has 0 unspecified atom stereocenters. The van der Waals surface area contributed by atoms with E-state index in [0.29, 0.717) is 0 Å². The molecule has 0 aromatic heterocycles. The molecule has 0 aliphatic carbocycles. The van der Waals surface area contributed by atoms with Crippen molar-refractivity contribution >= 4 is 40.2 Å². The van der Waals surface area contributed by atoms with Gasteiger partial charge in [0.15, 0.2) is 0 Å². The molecule has 2 aromatic carbocycles. The topological polar surface area (TPSA) is 24.7 Å². The molecule has 0 radical (unpaired) electrons. The molecule has 0 fully saturated rings. The molecular formula is C18H20Cl3N2Nd. The van der Waals surface area contributed by atoms with Crippen LogP contribution in [0.3, 0.4) is 0 Å². The van der Waals surface area contributed by atoms with Gasteiger partial charge in [0.05, 0.1) is 22.8 Å². The summed E-state index contributed by atoms with van der Waals surface area (Å²) in [5, 5.41) is 0. The predicted molar refractivity (Wildman–Crippen MR) is 105 cm³/mol. The number of halogens is 3. The quantitative estimate of drug-likeness (QED) is 0.385. The molecule has 0 N–H and O–H groups in total. The van der Waals surface area contributed by atoms with Gasteiger partial charge in [0.2, 0.25) is 0 Å². The Morgan fingerprint density at radius 1 is 0.667 bits per heavy atom. The Bertz CT molecular complexity index is 631. The Balaban J connectivity index is 0.000000648. The standard InChI is InChI=1S/C18H20N2.3ClH.Nd/c1-13-5-9-17(10-6-13)19-15(3)16(4)20-18-11-7-14(2)8-12-18;;;;/h5-12H,1-4H3;3*1H;/q;;;;+3/p-3. The number of rotatable bonds is 3. The summed E-state index contributed by atoms with van der Waals surface area (Å²) in [7, 11) is 0. The van der Waals surface area contributed by atoms with Gasteiger partial charge in [-0.15, -0.1) is 0 Å². The molecule has 0 aliphatic rings. The summed E-state index contributed by atoms with van der Waals surface area (Å²) in [6.45, 7) is 8.13. The fraction of sp³-hybridized carbons (Fsp3) is 0.222. The average molecular weight is 515 g/mol. The van der Waals surface area contributed by atoms with Gasteiger partial charge in [-0.2, -0.15) is 0 Å². The van der Waals surface area contributed by atoms with Crippen LogP contribution in [-0.2, 0) is 0 Å². The molecule has 0 saturated heterocycles. The van der Waals surface area contributed by atoms with E-state index >= 15 is 0 Å². The number of nitrogens with zero attached hydrogens (tertiary/aromatic N) is 2. The van der Waals surface area contributed by atoms with Crippen molar-refractivity contribution in [2.24, 2.45) is 9.98 Å². The second-order valence-electron chi connectivity index (χ2n) is 5.28. The second kappa shape index (κ2) is 11.6. The first-order valence-electron chi connectivity index (χ1n) is 7.35. The minimum absolute atomic E-state index is 0.939. The van der Waals surface area contributed by atoms with Crippen LogP contribution in [0, 0.1) is 43.8 Å². The minimum atomic E-state index is -2.24. The van der Waals surface area contributed by atoms with Crippen molar-refractivity contribution in [3.8, 4) is 0 Å². The summed E-state index contributed by atoms with van der Waals surface area (Å²) >= 11 is -2.24. The van der Waals surface area contributed by atoms with Crippen LogP contribution in [0.15, 0.2) is 58.5 Å². The summed E-state index contributed by atoms with van der Waals surface area (Å²) in [4.78, 5) is 9.20. The van der Waals surface area contributed by atoms with Crippen molar-refractivity contribution in [2.45, 2.75) is 27.7 Å². The molecule has 0 atom stereocenters. The Morgan fingerprint density at radius 3 is 1.17 bits per heavy atom. The van der Waals surface area contributed by atoms with E-state index in [1.54, 1.807) is 0 Å². The molecule has 0 spiro atoms. The van der Waals surface area contributed by atoms with E-state index in [9.17, 15) is 0 Å². The van der Waals surface area contributed by atoms with Gasteiger partial charge in [0, 0.05) is 0 Å². The van der Waals surface area contributed by atoms with Gasteiger partial charge in [-0.05, 0) is 52.0 Å². The third-order valence-corrected chi connectivity index (χ3v) is 3.19. The summed E-state index contributed by atoms with van der Waals surface area (Å²) < 4.78 is 0. The van der Waals surface area contributed by atoms with Crippen LogP contribution in [-0.4, -0.2) is 11.4 Å². The Morgan fingerprint density at radius 2 is 0.917 bits per heavy atom. The Hall–Kier alpha value is 0.000649. The number of hydrogen-bond donors (Lipinski definition) is 0. The zero-order valence-corrected chi connectivity index (χ0v) is 19.6. The first kappa shape index (κ1) is 22.0. The van der Waals surface area contributed by atoms with Gasteiger partial charge in [-0.1, -0.05) is 35.4 Å². The van der Waals surface area contributed by atoms with Crippen molar-refractivity contribution in [2.75, 3.05) is 0 Å². The van der Waals surface area contributed by atoms with Crippen LogP contribution in [0.5, 0.6) is 0 Å². The van der Waals surface area contributed by atoms with Crippen molar-refractivity contribution in [3.05, 3.63) is 59.7 Å². The molecule has 0 aliphatic heterocycles. The molecule has 2 aromatic rings. The van der Waals surface area contributed by atoms with Gasteiger partial charge >= 0.3 is 47.3 Å². The summed E-state index contributed by atoms with van der Waals surface area (Å²) in [6.07, 6.45) is 0. The Kier molecular flexibility index (Phi) is 10.6. The molecule has 127 valence electrons. The third-order valence-electron chi connectivity index (χ3n) is 3.19.